The maximum Gasteiger partial charge on any atom is 0.349 e. The Morgan fingerprint density at radius 1 is 1.04 bits per heavy atom. The molecule has 2 heterocycles. The zero-order valence-electron chi connectivity index (χ0n) is 14.0. The van der Waals surface area contributed by atoms with Crippen molar-refractivity contribution in [3.05, 3.63) is 42.0 Å². The van der Waals surface area contributed by atoms with E-state index in [1.54, 1.807) is 12.1 Å². The molecular formula is C18H15F2NO5. The highest BCUT2D eigenvalue weighted by Gasteiger charge is 2.64. The number of carbonyl (C=O) groups is 1. The van der Waals surface area contributed by atoms with Gasteiger partial charge in [0.2, 0.25) is 6.79 Å². The van der Waals surface area contributed by atoms with Gasteiger partial charge in [-0.05, 0) is 29.8 Å². The predicted octanol–water partition coefficient (Wildman–Crippen LogP) is 3.16. The predicted molar refractivity (Wildman–Crippen MR) is 87.3 cm³/mol. The Hall–Kier alpha value is -3.03. The third-order valence-corrected chi connectivity index (χ3v) is 4.46. The molecule has 2 aromatic rings. The molecule has 26 heavy (non-hydrogen) atoms. The van der Waals surface area contributed by atoms with Crippen LogP contribution in [0.1, 0.15) is 11.6 Å². The van der Waals surface area contributed by atoms with Crippen molar-refractivity contribution >= 4 is 11.6 Å². The lowest BCUT2D eigenvalue weighted by molar-refractivity contribution is -0.162. The van der Waals surface area contributed by atoms with Crippen LogP contribution in [-0.4, -0.2) is 32.8 Å². The highest BCUT2D eigenvalue weighted by Crippen LogP contribution is 2.52. The minimum atomic E-state index is -3.52. The van der Waals surface area contributed by atoms with Crippen LogP contribution in [0.25, 0.3) is 0 Å². The van der Waals surface area contributed by atoms with Crippen LogP contribution in [0, 0.1) is 0 Å². The molecule has 0 bridgehead atoms. The third-order valence-electron chi connectivity index (χ3n) is 4.46. The molecule has 0 saturated carbocycles. The van der Waals surface area contributed by atoms with Crippen LogP contribution >= 0.6 is 0 Å². The lowest BCUT2D eigenvalue weighted by atomic mass is 9.88. The van der Waals surface area contributed by atoms with Gasteiger partial charge in [-0.1, -0.05) is 6.07 Å². The first kappa shape index (κ1) is 16.4. The van der Waals surface area contributed by atoms with E-state index >= 15 is 0 Å². The second-order valence-corrected chi connectivity index (χ2v) is 5.85. The minimum Gasteiger partial charge on any atom is -0.493 e. The molecule has 136 valence electrons. The van der Waals surface area contributed by atoms with Gasteiger partial charge in [0.1, 0.15) is 6.04 Å². The molecule has 0 N–H and O–H groups in total. The fourth-order valence-corrected chi connectivity index (χ4v) is 3.17. The minimum absolute atomic E-state index is 0.0575. The van der Waals surface area contributed by atoms with Crippen LogP contribution in [0.15, 0.2) is 36.4 Å². The Bertz CT molecular complexity index is 886. The lowest BCUT2D eigenvalue weighted by Crippen LogP contribution is -2.64. The van der Waals surface area contributed by atoms with E-state index in [4.69, 9.17) is 18.9 Å². The van der Waals surface area contributed by atoms with Gasteiger partial charge in [0.25, 0.3) is 0 Å². The molecule has 0 radical (unpaired) electrons. The van der Waals surface area contributed by atoms with E-state index in [0.29, 0.717) is 28.7 Å². The summed E-state index contributed by atoms with van der Waals surface area (Å²) in [5.74, 6) is -3.13. The number of amides is 1. The van der Waals surface area contributed by atoms with Crippen molar-refractivity contribution in [1.29, 1.82) is 0 Å². The van der Waals surface area contributed by atoms with E-state index in [0.717, 1.165) is 4.90 Å². The summed E-state index contributed by atoms with van der Waals surface area (Å²) < 4.78 is 49.6. The molecule has 1 atom stereocenters. The maximum atomic E-state index is 14.4. The van der Waals surface area contributed by atoms with Gasteiger partial charge in [-0.3, -0.25) is 9.69 Å². The molecular weight excluding hydrogens is 348 g/mol. The number of methoxy groups -OCH3 is 2. The molecule has 2 aliphatic heterocycles. The molecule has 1 fully saturated rings. The Labute approximate surface area is 147 Å². The molecule has 0 spiro atoms. The molecule has 8 heteroatoms. The number of carbonyl (C=O) groups excluding carboxylic acids is 1. The highest BCUT2D eigenvalue weighted by atomic mass is 19.3. The van der Waals surface area contributed by atoms with Crippen molar-refractivity contribution in [3.8, 4) is 23.0 Å². The number of anilines is 1. The number of fused-ring (bicyclic) bond motifs is 1. The molecule has 0 unspecified atom stereocenters. The molecule has 2 aromatic carbocycles. The summed E-state index contributed by atoms with van der Waals surface area (Å²) in [6, 6.07) is 7.68. The van der Waals surface area contributed by atoms with E-state index in [-0.39, 0.29) is 12.4 Å². The summed E-state index contributed by atoms with van der Waals surface area (Å²) in [5, 5.41) is 0. The van der Waals surface area contributed by atoms with Gasteiger partial charge in [0.05, 0.1) is 14.2 Å². The number of halogens is 2. The van der Waals surface area contributed by atoms with Crippen molar-refractivity contribution in [1.82, 2.24) is 0 Å². The lowest BCUT2D eigenvalue weighted by Gasteiger charge is -2.46. The average molecular weight is 363 g/mol. The second-order valence-electron chi connectivity index (χ2n) is 5.85. The SMILES string of the molecule is COc1ccc([C@@H]2N(c3ccc4c(c3)OCO4)C(=O)C2(F)F)cc1OC. The van der Waals surface area contributed by atoms with Crippen molar-refractivity contribution in [3.63, 3.8) is 0 Å². The van der Waals surface area contributed by atoms with Crippen molar-refractivity contribution in [2.75, 3.05) is 25.9 Å². The standard InChI is InChI=1S/C18H15F2NO5/c1-23-12-5-3-10(7-14(12)24-2)16-18(19,20)17(22)21(16)11-4-6-13-15(8-11)26-9-25-13/h3-8,16H,9H2,1-2H3/t16-/m0/s1. The first-order chi connectivity index (χ1) is 12.5. The van der Waals surface area contributed by atoms with Crippen LogP contribution in [0.3, 0.4) is 0 Å². The van der Waals surface area contributed by atoms with E-state index in [1.807, 2.05) is 0 Å². The summed E-state index contributed by atoms with van der Waals surface area (Å²) in [7, 11) is 2.87. The Balaban J connectivity index is 1.75. The number of ether oxygens (including phenoxy) is 4. The molecule has 4 rings (SSSR count). The van der Waals surface area contributed by atoms with E-state index in [1.165, 1.54) is 38.5 Å². The number of rotatable bonds is 4. The van der Waals surface area contributed by atoms with Gasteiger partial charge in [0, 0.05) is 11.8 Å². The highest BCUT2D eigenvalue weighted by molar-refractivity contribution is 6.07. The fourth-order valence-electron chi connectivity index (χ4n) is 3.17. The molecule has 2 aliphatic rings. The summed E-state index contributed by atoms with van der Waals surface area (Å²) in [6.45, 7) is 0.0575. The zero-order chi connectivity index (χ0) is 18.5. The zero-order valence-corrected chi connectivity index (χ0v) is 14.0. The van der Waals surface area contributed by atoms with Crippen molar-refractivity contribution < 1.29 is 32.5 Å². The number of nitrogens with zero attached hydrogens (tertiary/aromatic N) is 1. The largest absolute Gasteiger partial charge is 0.493 e. The quantitative estimate of drug-likeness (QED) is 0.781. The molecule has 1 saturated heterocycles. The molecule has 0 aromatic heterocycles. The number of benzene rings is 2. The van der Waals surface area contributed by atoms with Gasteiger partial charge < -0.3 is 18.9 Å². The van der Waals surface area contributed by atoms with Crippen LogP contribution in [0.2, 0.25) is 0 Å². The van der Waals surface area contributed by atoms with Crippen LogP contribution < -0.4 is 23.8 Å². The molecule has 0 aliphatic carbocycles. The van der Waals surface area contributed by atoms with Crippen LogP contribution in [0.5, 0.6) is 23.0 Å². The van der Waals surface area contributed by atoms with Gasteiger partial charge in [-0.2, -0.15) is 8.78 Å². The summed E-state index contributed by atoms with van der Waals surface area (Å²) >= 11 is 0. The Morgan fingerprint density at radius 3 is 2.50 bits per heavy atom. The Morgan fingerprint density at radius 2 is 1.77 bits per heavy atom. The number of hydrogen-bond donors (Lipinski definition) is 0. The first-order valence-corrected chi connectivity index (χ1v) is 7.80. The monoisotopic (exact) mass is 363 g/mol. The first-order valence-electron chi connectivity index (χ1n) is 7.80. The van der Waals surface area contributed by atoms with Gasteiger partial charge >= 0.3 is 11.8 Å². The van der Waals surface area contributed by atoms with Gasteiger partial charge in [-0.25, -0.2) is 0 Å². The van der Waals surface area contributed by atoms with E-state index in [2.05, 4.69) is 0 Å². The number of β-lactam (4-membered cyclic amide) rings is 1. The summed E-state index contributed by atoms with van der Waals surface area (Å²) in [4.78, 5) is 13.1. The summed E-state index contributed by atoms with van der Waals surface area (Å²) in [5.41, 5.74) is 0.551. The maximum absolute atomic E-state index is 14.4. The average Bonchev–Trinajstić information content (AvgIpc) is 3.12. The van der Waals surface area contributed by atoms with Crippen LogP contribution in [0.4, 0.5) is 14.5 Å². The summed E-state index contributed by atoms with van der Waals surface area (Å²) in [6.07, 6.45) is 0. The fraction of sp³-hybridized carbons (Fsp3) is 0.278. The van der Waals surface area contributed by atoms with Crippen molar-refractivity contribution in [2.45, 2.75) is 12.0 Å². The normalized spacial score (nSPS) is 19.9. The number of alkyl halides is 2. The molecule has 1 amide bonds. The van der Waals surface area contributed by atoms with Crippen LogP contribution in [-0.2, 0) is 4.79 Å². The smallest absolute Gasteiger partial charge is 0.349 e. The topological polar surface area (TPSA) is 57.2 Å². The van der Waals surface area contributed by atoms with E-state index in [9.17, 15) is 13.6 Å². The second kappa shape index (κ2) is 5.76. The van der Waals surface area contributed by atoms with Gasteiger partial charge in [-0.15, -0.1) is 0 Å². The van der Waals surface area contributed by atoms with Gasteiger partial charge in [0.15, 0.2) is 23.0 Å². The molecule has 6 nitrogen and oxygen atoms in total. The van der Waals surface area contributed by atoms with E-state index < -0.39 is 17.9 Å². The Kier molecular flexibility index (Phi) is 3.64. The van der Waals surface area contributed by atoms with Crippen molar-refractivity contribution in [2.24, 2.45) is 0 Å². The number of hydrogen-bond acceptors (Lipinski definition) is 5. The third kappa shape index (κ3) is 2.25.